The lowest BCUT2D eigenvalue weighted by molar-refractivity contribution is 0.579. The maximum absolute atomic E-state index is 12.8. The van der Waals surface area contributed by atoms with Gasteiger partial charge in [0.05, 0.1) is 5.56 Å². The number of pyridine rings is 1. The Morgan fingerprint density at radius 3 is 3.00 bits per heavy atom. The van der Waals surface area contributed by atoms with Crippen molar-refractivity contribution in [1.29, 1.82) is 5.26 Å². The minimum Gasteiger partial charge on any atom is -0.227 e. The highest BCUT2D eigenvalue weighted by atomic mass is 19.1. The molecule has 0 unspecified atom stereocenters. The fraction of sp³-hybridized carbons (Fsp3) is 0.111. The third kappa shape index (κ3) is 1.81. The topological polar surface area (TPSA) is 36.7 Å². The molecule has 1 heterocycles. The summed E-state index contributed by atoms with van der Waals surface area (Å²) >= 11 is 0. The van der Waals surface area contributed by atoms with E-state index in [1.807, 2.05) is 0 Å². The van der Waals surface area contributed by atoms with Crippen LogP contribution in [0.25, 0.3) is 0 Å². The molecule has 12 heavy (non-hydrogen) atoms. The minimum atomic E-state index is -0.636. The van der Waals surface area contributed by atoms with Gasteiger partial charge in [-0.1, -0.05) is 0 Å². The van der Waals surface area contributed by atoms with E-state index < -0.39 is 5.95 Å². The molecule has 0 saturated carbocycles. The molecule has 0 N–H and O–H groups in total. The molecule has 0 aliphatic heterocycles. The van der Waals surface area contributed by atoms with Crippen LogP contribution in [-0.4, -0.2) is 4.98 Å². The van der Waals surface area contributed by atoms with E-state index in [4.69, 9.17) is 5.26 Å². The molecule has 0 aliphatic carbocycles. The summed E-state index contributed by atoms with van der Waals surface area (Å²) in [7, 11) is 0. The Kier molecular flexibility index (Phi) is 2.40. The van der Waals surface area contributed by atoms with Crippen molar-refractivity contribution < 1.29 is 4.39 Å². The summed E-state index contributed by atoms with van der Waals surface area (Å²) in [5.41, 5.74) is 0.982. The van der Waals surface area contributed by atoms with Crippen LogP contribution in [0.4, 0.5) is 4.39 Å². The summed E-state index contributed by atoms with van der Waals surface area (Å²) in [5.74, 6) is 3.83. The van der Waals surface area contributed by atoms with Gasteiger partial charge < -0.3 is 0 Å². The van der Waals surface area contributed by atoms with Gasteiger partial charge in [-0.15, -0.1) is 0 Å². The molecule has 2 nitrogen and oxygen atoms in total. The number of aryl methyl sites for hydroxylation is 1. The Morgan fingerprint density at radius 1 is 1.58 bits per heavy atom. The number of nitriles is 1. The lowest BCUT2D eigenvalue weighted by atomic mass is 10.2. The van der Waals surface area contributed by atoms with Gasteiger partial charge in [-0.3, -0.25) is 0 Å². The molecule has 0 aliphatic rings. The molecular formula is C9H5FN2. The van der Waals surface area contributed by atoms with Gasteiger partial charge in [0.15, 0.2) is 6.07 Å². The van der Waals surface area contributed by atoms with Crippen molar-refractivity contribution in [3.05, 3.63) is 29.3 Å². The first kappa shape index (κ1) is 8.23. The van der Waals surface area contributed by atoms with Gasteiger partial charge in [-0.2, -0.15) is 9.65 Å². The first-order chi connectivity index (χ1) is 5.74. The summed E-state index contributed by atoms with van der Waals surface area (Å²) in [5, 5.41) is 8.12. The van der Waals surface area contributed by atoms with Crippen LogP contribution in [0.2, 0.25) is 0 Å². The normalized spacial score (nSPS) is 8.08. The van der Waals surface area contributed by atoms with Crippen LogP contribution in [0.3, 0.4) is 0 Å². The Hall–Kier alpha value is -1.87. The number of hydrogen-bond donors (Lipinski definition) is 0. The standard InChI is InChI=1S/C9H5FN2/c1-7-5-8(3-2-4-11)9(10)12-6-7/h5-6H,1H3. The number of nitrogens with zero attached hydrogens (tertiary/aromatic N) is 2. The summed E-state index contributed by atoms with van der Waals surface area (Å²) in [6.45, 7) is 1.78. The Labute approximate surface area is 69.7 Å². The van der Waals surface area contributed by atoms with E-state index in [0.717, 1.165) is 5.56 Å². The van der Waals surface area contributed by atoms with Crippen molar-refractivity contribution in [3.8, 4) is 17.9 Å². The fourth-order valence-corrected chi connectivity index (χ4v) is 0.735. The van der Waals surface area contributed by atoms with Crippen LogP contribution in [0.1, 0.15) is 11.1 Å². The third-order valence-corrected chi connectivity index (χ3v) is 1.23. The minimum absolute atomic E-state index is 0.163. The maximum Gasteiger partial charge on any atom is 0.228 e. The zero-order valence-corrected chi connectivity index (χ0v) is 6.43. The van der Waals surface area contributed by atoms with Crippen LogP contribution < -0.4 is 0 Å². The first-order valence-corrected chi connectivity index (χ1v) is 3.26. The number of rotatable bonds is 0. The highest BCUT2D eigenvalue weighted by Crippen LogP contribution is 2.04. The van der Waals surface area contributed by atoms with Crippen LogP contribution in [-0.2, 0) is 0 Å². The van der Waals surface area contributed by atoms with Gasteiger partial charge in [0, 0.05) is 12.1 Å². The van der Waals surface area contributed by atoms with Gasteiger partial charge in [0.1, 0.15) is 0 Å². The van der Waals surface area contributed by atoms with Crippen molar-refractivity contribution in [2.75, 3.05) is 0 Å². The molecule has 0 bridgehead atoms. The lowest BCUT2D eigenvalue weighted by Gasteiger charge is -1.93. The molecule has 1 aromatic rings. The van der Waals surface area contributed by atoms with E-state index in [2.05, 4.69) is 16.8 Å². The van der Waals surface area contributed by atoms with E-state index in [1.54, 1.807) is 19.1 Å². The lowest BCUT2D eigenvalue weighted by Crippen LogP contribution is -1.89. The van der Waals surface area contributed by atoms with E-state index in [9.17, 15) is 4.39 Å². The number of aromatic nitrogens is 1. The highest BCUT2D eigenvalue weighted by Gasteiger charge is 1.98. The van der Waals surface area contributed by atoms with E-state index in [0.29, 0.717) is 0 Å². The monoisotopic (exact) mass is 160 g/mol. The second kappa shape index (κ2) is 3.50. The van der Waals surface area contributed by atoms with Gasteiger partial charge in [0.2, 0.25) is 5.95 Å². The molecule has 0 saturated heterocycles. The molecule has 0 fully saturated rings. The van der Waals surface area contributed by atoms with Crippen LogP contribution >= 0.6 is 0 Å². The average Bonchev–Trinajstić information content (AvgIpc) is 2.07. The van der Waals surface area contributed by atoms with Gasteiger partial charge in [-0.25, -0.2) is 4.98 Å². The predicted molar refractivity (Wildman–Crippen MR) is 41.4 cm³/mol. The van der Waals surface area contributed by atoms with Crippen molar-refractivity contribution in [2.45, 2.75) is 6.92 Å². The smallest absolute Gasteiger partial charge is 0.227 e. The fourth-order valence-electron chi connectivity index (χ4n) is 0.735. The predicted octanol–water partition coefficient (Wildman–Crippen LogP) is 1.40. The van der Waals surface area contributed by atoms with Crippen LogP contribution in [0.5, 0.6) is 0 Å². The van der Waals surface area contributed by atoms with Gasteiger partial charge in [-0.05, 0) is 24.5 Å². The highest BCUT2D eigenvalue weighted by molar-refractivity contribution is 5.38. The van der Waals surface area contributed by atoms with Crippen molar-refractivity contribution >= 4 is 0 Å². The molecule has 1 rings (SSSR count). The molecule has 0 spiro atoms. The van der Waals surface area contributed by atoms with E-state index >= 15 is 0 Å². The Morgan fingerprint density at radius 2 is 2.33 bits per heavy atom. The van der Waals surface area contributed by atoms with Crippen LogP contribution in [0, 0.1) is 36.0 Å². The first-order valence-electron chi connectivity index (χ1n) is 3.26. The second-order valence-electron chi connectivity index (χ2n) is 2.21. The summed E-state index contributed by atoms with van der Waals surface area (Å²) < 4.78 is 12.8. The van der Waals surface area contributed by atoms with E-state index in [1.165, 1.54) is 6.20 Å². The van der Waals surface area contributed by atoms with Gasteiger partial charge in [0.25, 0.3) is 0 Å². The molecular weight excluding hydrogens is 155 g/mol. The van der Waals surface area contributed by atoms with Crippen molar-refractivity contribution in [3.63, 3.8) is 0 Å². The molecule has 0 radical (unpaired) electrons. The van der Waals surface area contributed by atoms with Gasteiger partial charge >= 0.3 is 0 Å². The van der Waals surface area contributed by atoms with Crippen molar-refractivity contribution in [1.82, 2.24) is 4.98 Å². The van der Waals surface area contributed by atoms with E-state index in [-0.39, 0.29) is 5.56 Å². The third-order valence-electron chi connectivity index (χ3n) is 1.23. The molecule has 0 atom stereocenters. The average molecular weight is 160 g/mol. The largest absolute Gasteiger partial charge is 0.228 e. The number of halogens is 1. The molecule has 58 valence electrons. The summed E-state index contributed by atoms with van der Waals surface area (Å²) in [6, 6.07) is 3.16. The molecule has 1 aromatic heterocycles. The quantitative estimate of drug-likeness (QED) is 0.425. The second-order valence-corrected chi connectivity index (χ2v) is 2.21. The Balaban J connectivity index is 3.16. The molecule has 0 amide bonds. The number of hydrogen-bond acceptors (Lipinski definition) is 2. The molecule has 0 aromatic carbocycles. The van der Waals surface area contributed by atoms with Crippen molar-refractivity contribution in [2.24, 2.45) is 0 Å². The molecule has 3 heteroatoms. The summed E-state index contributed by atoms with van der Waals surface area (Å²) in [6.07, 6.45) is 1.41. The zero-order chi connectivity index (χ0) is 8.97. The summed E-state index contributed by atoms with van der Waals surface area (Å²) in [4.78, 5) is 3.45. The maximum atomic E-state index is 12.8. The SMILES string of the molecule is Cc1cnc(F)c(C#CC#N)c1. The van der Waals surface area contributed by atoms with Crippen LogP contribution in [0.15, 0.2) is 12.3 Å². The Bertz CT molecular complexity index is 393. The zero-order valence-electron chi connectivity index (χ0n) is 6.43.